The molecule has 1 heteroatoms. The van der Waals surface area contributed by atoms with Crippen molar-refractivity contribution in [2.24, 2.45) is 0 Å². The lowest BCUT2D eigenvalue weighted by atomic mass is 10.0. The van der Waals surface area contributed by atoms with E-state index in [9.17, 15) is 0 Å². The third-order valence-electron chi connectivity index (χ3n) is 2.42. The average Bonchev–Trinajstić information content (AvgIpc) is 2.07. The maximum atomic E-state index is 2.20. The Labute approximate surface area is 73.3 Å². The summed E-state index contributed by atoms with van der Waals surface area (Å²) in [6.07, 6.45) is 5.41. The lowest BCUT2D eigenvalue weighted by Crippen LogP contribution is -2.14. The summed E-state index contributed by atoms with van der Waals surface area (Å²) < 4.78 is 0. The van der Waals surface area contributed by atoms with Gasteiger partial charge in [0.2, 0.25) is 0 Å². The van der Waals surface area contributed by atoms with Gasteiger partial charge in [0.1, 0.15) is 0 Å². The molecule has 0 fully saturated rings. The molecule has 1 aliphatic rings. The summed E-state index contributed by atoms with van der Waals surface area (Å²) >= 11 is 0. The highest BCUT2D eigenvalue weighted by Gasteiger charge is 2.09. The Bertz CT molecular complexity index is 326. The minimum Gasteiger partial charge on any atom is -0.351 e. The van der Waals surface area contributed by atoms with Gasteiger partial charge in [-0.15, -0.1) is 0 Å². The zero-order chi connectivity index (χ0) is 8.55. The quantitative estimate of drug-likeness (QED) is 0.562. The van der Waals surface area contributed by atoms with Crippen molar-refractivity contribution in [2.45, 2.75) is 13.3 Å². The number of nitrogens with zero attached hydrogens (tertiary/aromatic N) is 1. The van der Waals surface area contributed by atoms with Gasteiger partial charge in [0.05, 0.1) is 0 Å². The van der Waals surface area contributed by atoms with E-state index in [-0.39, 0.29) is 0 Å². The lowest BCUT2D eigenvalue weighted by Gasteiger charge is -2.23. The molecular formula is C11H13N. The first kappa shape index (κ1) is 7.41. The molecule has 0 atom stereocenters. The van der Waals surface area contributed by atoms with Crippen LogP contribution in [0, 0.1) is 6.92 Å². The van der Waals surface area contributed by atoms with E-state index < -0.39 is 0 Å². The molecule has 0 spiro atoms. The summed E-state index contributed by atoms with van der Waals surface area (Å²) in [5.41, 5.74) is 4.20. The Morgan fingerprint density at radius 3 is 2.92 bits per heavy atom. The fourth-order valence-electron chi connectivity index (χ4n) is 1.69. The van der Waals surface area contributed by atoms with Crippen molar-refractivity contribution >= 4 is 5.69 Å². The second kappa shape index (κ2) is 2.67. The van der Waals surface area contributed by atoms with E-state index in [0.717, 1.165) is 6.42 Å². The average molecular weight is 159 g/mol. The lowest BCUT2D eigenvalue weighted by molar-refractivity contribution is 1.07. The molecule has 12 heavy (non-hydrogen) atoms. The van der Waals surface area contributed by atoms with Gasteiger partial charge in [0.15, 0.2) is 0 Å². The molecule has 0 aliphatic carbocycles. The fourth-order valence-corrected chi connectivity index (χ4v) is 1.69. The summed E-state index contributed by atoms with van der Waals surface area (Å²) in [4.78, 5) is 2.17. The predicted molar refractivity (Wildman–Crippen MR) is 52.4 cm³/mol. The molecule has 1 nitrogen and oxygen atoms in total. The second-order valence-corrected chi connectivity index (χ2v) is 3.27. The van der Waals surface area contributed by atoms with Gasteiger partial charge >= 0.3 is 0 Å². The summed E-state index contributed by atoms with van der Waals surface area (Å²) in [6.45, 7) is 2.17. The Balaban J connectivity index is 2.57. The van der Waals surface area contributed by atoms with Crippen LogP contribution < -0.4 is 4.90 Å². The van der Waals surface area contributed by atoms with Crippen molar-refractivity contribution in [3.63, 3.8) is 0 Å². The van der Waals surface area contributed by atoms with Crippen LogP contribution in [-0.2, 0) is 6.42 Å². The van der Waals surface area contributed by atoms with Crippen LogP contribution in [-0.4, -0.2) is 7.05 Å². The molecule has 1 aromatic rings. The molecule has 0 saturated heterocycles. The van der Waals surface area contributed by atoms with Crippen LogP contribution in [0.1, 0.15) is 11.1 Å². The minimum absolute atomic E-state index is 1.08. The number of aryl methyl sites for hydroxylation is 1. The summed E-state index contributed by atoms with van der Waals surface area (Å²) in [5, 5.41) is 0. The molecule has 1 aromatic carbocycles. The van der Waals surface area contributed by atoms with Crippen molar-refractivity contribution in [1.29, 1.82) is 0 Å². The van der Waals surface area contributed by atoms with E-state index in [4.69, 9.17) is 0 Å². The number of hydrogen-bond acceptors (Lipinski definition) is 1. The number of hydrogen-bond donors (Lipinski definition) is 0. The van der Waals surface area contributed by atoms with Crippen LogP contribution in [0.2, 0.25) is 0 Å². The van der Waals surface area contributed by atoms with Gasteiger partial charge in [-0.3, -0.25) is 0 Å². The van der Waals surface area contributed by atoms with Gasteiger partial charge in [-0.05, 0) is 30.5 Å². The van der Waals surface area contributed by atoms with Gasteiger partial charge in [0, 0.05) is 18.9 Å². The van der Waals surface area contributed by atoms with Crippen molar-refractivity contribution < 1.29 is 0 Å². The molecule has 0 radical (unpaired) electrons. The van der Waals surface area contributed by atoms with Gasteiger partial charge in [-0.25, -0.2) is 0 Å². The van der Waals surface area contributed by atoms with Gasteiger partial charge in [0.25, 0.3) is 0 Å². The van der Waals surface area contributed by atoms with E-state index in [2.05, 4.69) is 49.3 Å². The molecule has 0 amide bonds. The van der Waals surface area contributed by atoms with E-state index in [0.29, 0.717) is 0 Å². The Hall–Kier alpha value is -1.24. The first-order chi connectivity index (χ1) is 5.79. The van der Waals surface area contributed by atoms with Gasteiger partial charge in [-0.1, -0.05) is 18.2 Å². The normalized spacial score (nSPS) is 14.7. The third kappa shape index (κ3) is 1.02. The Morgan fingerprint density at radius 2 is 2.17 bits per heavy atom. The highest BCUT2D eigenvalue weighted by molar-refractivity contribution is 5.60. The number of fused-ring (bicyclic) bond motifs is 1. The van der Waals surface area contributed by atoms with Crippen LogP contribution in [0.5, 0.6) is 0 Å². The zero-order valence-electron chi connectivity index (χ0n) is 7.54. The zero-order valence-corrected chi connectivity index (χ0v) is 7.54. The molecule has 1 heterocycles. The molecule has 0 N–H and O–H groups in total. The maximum Gasteiger partial charge on any atom is 0.0441 e. The van der Waals surface area contributed by atoms with Crippen molar-refractivity contribution in [2.75, 3.05) is 11.9 Å². The van der Waals surface area contributed by atoms with Crippen molar-refractivity contribution in [1.82, 2.24) is 0 Å². The van der Waals surface area contributed by atoms with Gasteiger partial charge in [-0.2, -0.15) is 0 Å². The standard InChI is InChI=1S/C11H13N/c1-9-5-3-7-11-10(9)6-4-8-12(11)2/h3-5,7-8H,6H2,1-2H3. The number of allylic oxidation sites excluding steroid dienone is 1. The molecular weight excluding hydrogens is 146 g/mol. The topological polar surface area (TPSA) is 3.24 Å². The summed E-state index contributed by atoms with van der Waals surface area (Å²) in [6, 6.07) is 6.46. The first-order valence-electron chi connectivity index (χ1n) is 4.27. The van der Waals surface area contributed by atoms with Crippen molar-refractivity contribution in [3.05, 3.63) is 41.6 Å². The van der Waals surface area contributed by atoms with Gasteiger partial charge < -0.3 is 4.90 Å². The largest absolute Gasteiger partial charge is 0.351 e. The van der Waals surface area contributed by atoms with E-state index in [1.165, 1.54) is 16.8 Å². The SMILES string of the molecule is Cc1cccc2c1CC=CN2C. The summed E-state index contributed by atoms with van der Waals surface area (Å²) in [7, 11) is 2.09. The molecule has 2 rings (SSSR count). The second-order valence-electron chi connectivity index (χ2n) is 3.27. The number of anilines is 1. The number of benzene rings is 1. The predicted octanol–water partition coefficient (Wildman–Crippen LogP) is 2.50. The molecule has 0 aromatic heterocycles. The van der Waals surface area contributed by atoms with Crippen molar-refractivity contribution in [3.8, 4) is 0 Å². The van der Waals surface area contributed by atoms with E-state index >= 15 is 0 Å². The smallest absolute Gasteiger partial charge is 0.0441 e. The van der Waals surface area contributed by atoms with E-state index in [1.807, 2.05) is 0 Å². The molecule has 0 saturated carbocycles. The van der Waals surface area contributed by atoms with Crippen LogP contribution >= 0.6 is 0 Å². The first-order valence-corrected chi connectivity index (χ1v) is 4.27. The Morgan fingerprint density at radius 1 is 1.33 bits per heavy atom. The molecule has 0 unspecified atom stereocenters. The Kier molecular flexibility index (Phi) is 1.65. The van der Waals surface area contributed by atoms with Crippen LogP contribution in [0.25, 0.3) is 0 Å². The molecule has 1 aliphatic heterocycles. The highest BCUT2D eigenvalue weighted by atomic mass is 15.1. The summed E-state index contributed by atoms with van der Waals surface area (Å²) in [5.74, 6) is 0. The fraction of sp³-hybridized carbons (Fsp3) is 0.273. The maximum absolute atomic E-state index is 2.20. The minimum atomic E-state index is 1.08. The molecule has 0 bridgehead atoms. The monoisotopic (exact) mass is 159 g/mol. The van der Waals surface area contributed by atoms with Crippen LogP contribution in [0.4, 0.5) is 5.69 Å². The van der Waals surface area contributed by atoms with Crippen LogP contribution in [0.3, 0.4) is 0 Å². The molecule has 62 valence electrons. The van der Waals surface area contributed by atoms with E-state index in [1.54, 1.807) is 0 Å². The highest BCUT2D eigenvalue weighted by Crippen LogP contribution is 2.26. The third-order valence-corrected chi connectivity index (χ3v) is 2.42. The van der Waals surface area contributed by atoms with Crippen LogP contribution in [0.15, 0.2) is 30.5 Å². The number of rotatable bonds is 0.